The third-order valence-electron chi connectivity index (χ3n) is 4.71. The molecule has 0 aromatic heterocycles. The van der Waals surface area contributed by atoms with Crippen LogP contribution in [-0.2, 0) is 9.59 Å². The molecule has 1 unspecified atom stereocenters. The van der Waals surface area contributed by atoms with Gasteiger partial charge in [0, 0.05) is 17.6 Å². The van der Waals surface area contributed by atoms with Gasteiger partial charge in [0.25, 0.3) is 11.8 Å². The van der Waals surface area contributed by atoms with E-state index in [4.69, 9.17) is 5.73 Å². The summed E-state index contributed by atoms with van der Waals surface area (Å²) in [6.07, 6.45) is 0.908. The zero-order valence-corrected chi connectivity index (χ0v) is 14.8. The van der Waals surface area contributed by atoms with Gasteiger partial charge in [0.05, 0.1) is 11.1 Å². The molecule has 1 aromatic carbocycles. The first-order valence-corrected chi connectivity index (χ1v) is 8.58. The lowest BCUT2D eigenvalue weighted by Gasteiger charge is -2.29. The number of nitrogens with one attached hydrogen (secondary N) is 2. The Bertz CT molecular complexity index is 802. The summed E-state index contributed by atoms with van der Waals surface area (Å²) in [5.41, 5.74) is 6.32. The third-order valence-corrected chi connectivity index (χ3v) is 4.71. The second-order valence-corrected chi connectivity index (χ2v) is 7.22. The van der Waals surface area contributed by atoms with Crippen molar-refractivity contribution in [3.05, 3.63) is 29.3 Å². The maximum absolute atomic E-state index is 13.0. The molecule has 138 valence electrons. The molecule has 2 heterocycles. The molecule has 1 fully saturated rings. The summed E-state index contributed by atoms with van der Waals surface area (Å²) in [6.45, 7) is 4.39. The number of piperidine rings is 1. The molecule has 1 atom stereocenters. The standard InChI is InChI=1S/C18H22N4O4/c1-18(2,8-9-19)21-11-5-3-4-10-14(11)17(26)22(16(10)25)12-6-7-13(23)20-15(12)24/h3-5,12,21H,6-9,19H2,1-2H3,(H,20,23,24). The quantitative estimate of drug-likeness (QED) is 0.664. The lowest BCUT2D eigenvalue weighted by Crippen LogP contribution is -2.54. The molecule has 1 aromatic rings. The van der Waals surface area contributed by atoms with E-state index in [1.165, 1.54) is 0 Å². The van der Waals surface area contributed by atoms with Crippen LogP contribution in [0, 0.1) is 0 Å². The molecule has 8 heteroatoms. The molecule has 0 spiro atoms. The largest absolute Gasteiger partial charge is 0.379 e. The van der Waals surface area contributed by atoms with Crippen LogP contribution in [0.2, 0.25) is 0 Å². The molecule has 26 heavy (non-hydrogen) atoms. The maximum Gasteiger partial charge on any atom is 0.264 e. The first-order valence-electron chi connectivity index (χ1n) is 8.58. The van der Waals surface area contributed by atoms with Crippen LogP contribution in [0.15, 0.2) is 18.2 Å². The Morgan fingerprint density at radius 2 is 1.96 bits per heavy atom. The van der Waals surface area contributed by atoms with Crippen LogP contribution in [-0.4, -0.2) is 46.7 Å². The van der Waals surface area contributed by atoms with Gasteiger partial charge in [-0.05, 0) is 45.4 Å². The van der Waals surface area contributed by atoms with E-state index in [0.717, 1.165) is 4.90 Å². The number of anilines is 1. The van der Waals surface area contributed by atoms with Crippen LogP contribution in [0.25, 0.3) is 0 Å². The average molecular weight is 358 g/mol. The average Bonchev–Trinajstić information content (AvgIpc) is 2.80. The highest BCUT2D eigenvalue weighted by atomic mass is 16.2. The monoisotopic (exact) mass is 358 g/mol. The number of rotatable bonds is 5. The number of nitrogens with zero attached hydrogens (tertiary/aromatic N) is 1. The van der Waals surface area contributed by atoms with Crippen molar-refractivity contribution in [1.82, 2.24) is 10.2 Å². The van der Waals surface area contributed by atoms with Crippen molar-refractivity contribution >= 4 is 29.3 Å². The van der Waals surface area contributed by atoms with Gasteiger partial charge in [-0.25, -0.2) is 0 Å². The molecular weight excluding hydrogens is 336 g/mol. The minimum atomic E-state index is -0.968. The van der Waals surface area contributed by atoms with Gasteiger partial charge in [0.1, 0.15) is 6.04 Å². The van der Waals surface area contributed by atoms with Crippen molar-refractivity contribution in [2.24, 2.45) is 5.73 Å². The zero-order chi connectivity index (χ0) is 19.1. The number of nitrogens with two attached hydrogens (primary N) is 1. The molecule has 3 rings (SSSR count). The molecule has 1 saturated heterocycles. The second kappa shape index (κ2) is 6.53. The first kappa shape index (κ1) is 18.1. The van der Waals surface area contributed by atoms with Crippen molar-refractivity contribution < 1.29 is 19.2 Å². The van der Waals surface area contributed by atoms with Gasteiger partial charge >= 0.3 is 0 Å². The number of hydrogen-bond donors (Lipinski definition) is 3. The molecule has 0 bridgehead atoms. The molecule has 0 saturated carbocycles. The van der Waals surface area contributed by atoms with Crippen LogP contribution < -0.4 is 16.4 Å². The fourth-order valence-electron chi connectivity index (χ4n) is 3.41. The Morgan fingerprint density at radius 3 is 2.62 bits per heavy atom. The summed E-state index contributed by atoms with van der Waals surface area (Å²) >= 11 is 0. The molecule has 8 nitrogen and oxygen atoms in total. The van der Waals surface area contributed by atoms with E-state index in [9.17, 15) is 19.2 Å². The Labute approximate surface area is 151 Å². The van der Waals surface area contributed by atoms with Crippen LogP contribution in [0.5, 0.6) is 0 Å². The van der Waals surface area contributed by atoms with Crippen molar-refractivity contribution in [1.29, 1.82) is 0 Å². The van der Waals surface area contributed by atoms with Crippen molar-refractivity contribution in [3.8, 4) is 0 Å². The van der Waals surface area contributed by atoms with Gasteiger partial charge < -0.3 is 11.1 Å². The van der Waals surface area contributed by atoms with E-state index in [0.29, 0.717) is 18.7 Å². The van der Waals surface area contributed by atoms with Crippen LogP contribution in [0.1, 0.15) is 53.8 Å². The number of hydrogen-bond acceptors (Lipinski definition) is 6. The van der Waals surface area contributed by atoms with Crippen LogP contribution in [0.3, 0.4) is 0 Å². The Morgan fingerprint density at radius 1 is 1.23 bits per heavy atom. The predicted octanol–water partition coefficient (Wildman–Crippen LogP) is 0.627. The molecular formula is C18H22N4O4. The van der Waals surface area contributed by atoms with Gasteiger partial charge in [-0.15, -0.1) is 0 Å². The topological polar surface area (TPSA) is 122 Å². The number of amides is 4. The maximum atomic E-state index is 13.0. The smallest absolute Gasteiger partial charge is 0.264 e. The summed E-state index contributed by atoms with van der Waals surface area (Å²) < 4.78 is 0. The minimum absolute atomic E-state index is 0.0957. The molecule has 4 amide bonds. The van der Waals surface area contributed by atoms with Gasteiger partial charge in [0.15, 0.2) is 0 Å². The van der Waals surface area contributed by atoms with E-state index >= 15 is 0 Å². The fourth-order valence-corrected chi connectivity index (χ4v) is 3.41. The summed E-state index contributed by atoms with van der Waals surface area (Å²) in [4.78, 5) is 50.2. The number of benzene rings is 1. The summed E-state index contributed by atoms with van der Waals surface area (Å²) in [6, 6.07) is 4.03. The van der Waals surface area contributed by atoms with E-state index < -0.39 is 29.7 Å². The normalized spacial score (nSPS) is 20.3. The third kappa shape index (κ3) is 3.08. The minimum Gasteiger partial charge on any atom is -0.379 e. The molecule has 4 N–H and O–H groups in total. The van der Waals surface area contributed by atoms with Crippen LogP contribution >= 0.6 is 0 Å². The highest BCUT2D eigenvalue weighted by molar-refractivity contribution is 6.25. The number of carbonyl (C=O) groups excluding carboxylic acids is 4. The summed E-state index contributed by atoms with van der Waals surface area (Å²) in [7, 11) is 0. The van der Waals surface area contributed by atoms with Gasteiger partial charge in [-0.3, -0.25) is 29.4 Å². The summed E-state index contributed by atoms with van der Waals surface area (Å²) in [5, 5.41) is 5.47. The lowest BCUT2D eigenvalue weighted by atomic mass is 9.98. The van der Waals surface area contributed by atoms with E-state index in [1.807, 2.05) is 13.8 Å². The molecule has 2 aliphatic heterocycles. The van der Waals surface area contributed by atoms with E-state index in [1.54, 1.807) is 18.2 Å². The van der Waals surface area contributed by atoms with Crippen molar-refractivity contribution in [2.75, 3.05) is 11.9 Å². The van der Waals surface area contributed by atoms with Crippen LogP contribution in [0.4, 0.5) is 5.69 Å². The predicted molar refractivity (Wildman–Crippen MR) is 94.5 cm³/mol. The van der Waals surface area contributed by atoms with Crippen molar-refractivity contribution in [3.63, 3.8) is 0 Å². The molecule has 0 radical (unpaired) electrons. The second-order valence-electron chi connectivity index (χ2n) is 7.22. The van der Waals surface area contributed by atoms with Crippen molar-refractivity contribution in [2.45, 2.75) is 44.7 Å². The molecule has 2 aliphatic rings. The Kier molecular flexibility index (Phi) is 4.53. The fraction of sp³-hybridized carbons (Fsp3) is 0.444. The van der Waals surface area contributed by atoms with E-state index in [-0.39, 0.29) is 29.5 Å². The summed E-state index contributed by atoms with van der Waals surface area (Å²) in [5.74, 6) is -2.05. The van der Waals surface area contributed by atoms with Gasteiger partial charge in [-0.1, -0.05) is 6.07 Å². The Hall–Kier alpha value is -2.74. The molecule has 0 aliphatic carbocycles. The van der Waals surface area contributed by atoms with E-state index in [2.05, 4.69) is 10.6 Å². The highest BCUT2D eigenvalue weighted by Crippen LogP contribution is 2.33. The Balaban J connectivity index is 1.94. The SMILES string of the molecule is CC(C)(CCN)Nc1cccc2c1C(=O)N(C1CCC(=O)NC1=O)C2=O. The number of fused-ring (bicyclic) bond motifs is 1. The number of imide groups is 2. The van der Waals surface area contributed by atoms with Gasteiger partial charge in [-0.2, -0.15) is 0 Å². The number of carbonyl (C=O) groups is 4. The van der Waals surface area contributed by atoms with Gasteiger partial charge in [0.2, 0.25) is 11.8 Å². The lowest BCUT2D eigenvalue weighted by molar-refractivity contribution is -0.136. The highest BCUT2D eigenvalue weighted by Gasteiger charge is 2.45. The first-order chi connectivity index (χ1) is 12.2. The zero-order valence-electron chi connectivity index (χ0n) is 14.8.